The van der Waals surface area contributed by atoms with E-state index in [1.165, 1.54) is 0 Å². The molecule has 2 N–H and O–H groups in total. The number of aliphatic hydroxyl groups is 1. The van der Waals surface area contributed by atoms with E-state index in [2.05, 4.69) is 30.9 Å². The summed E-state index contributed by atoms with van der Waals surface area (Å²) in [6.07, 6.45) is 4.77. The number of Topliss-reactive ketones (excluding diaryl/α,β-unsaturated/α-hetero) is 2. The number of phenols is 1. The molecule has 0 aliphatic heterocycles. The van der Waals surface area contributed by atoms with Gasteiger partial charge in [-0.2, -0.15) is 0 Å². The van der Waals surface area contributed by atoms with Gasteiger partial charge in [-0.25, -0.2) is 0 Å². The standard InChI is InChI=1S/C40H45N3O7Si/c1-39(2,3)51(6,7)50-40-28(33(43(4)5)35-32(37(40)47)38(42-49-35)48-22-24-11-9-8-10-12-24)21-27-20-26-18-25(17-23-13-15-41-16-14-23)19-29(44)30(26)34(45)31(27)36(40)46/h8-16,18-19,27-28,33,44-45H,17,20-22H2,1-7H3/t27-,28-,33-,40-/m0/s1. The van der Waals surface area contributed by atoms with Crippen LogP contribution in [0.2, 0.25) is 18.1 Å². The van der Waals surface area contributed by atoms with Crippen molar-refractivity contribution >= 4 is 25.6 Å². The lowest BCUT2D eigenvalue weighted by Gasteiger charge is -2.55. The van der Waals surface area contributed by atoms with E-state index in [0.717, 1.165) is 22.3 Å². The number of aromatic nitrogens is 2. The fourth-order valence-corrected chi connectivity index (χ4v) is 9.33. The quantitative estimate of drug-likeness (QED) is 0.143. The van der Waals surface area contributed by atoms with Crippen LogP contribution in [0.15, 0.2) is 77.1 Å². The van der Waals surface area contributed by atoms with E-state index in [1.807, 2.05) is 80.6 Å². The molecule has 0 unspecified atom stereocenters. The minimum Gasteiger partial charge on any atom is -0.507 e. The number of hydrogen-bond donors (Lipinski definition) is 2. The number of phenolic OH excluding ortho intramolecular Hbond substituents is 1. The highest BCUT2D eigenvalue weighted by Gasteiger charge is 2.68. The van der Waals surface area contributed by atoms with Crippen molar-refractivity contribution in [3.63, 3.8) is 0 Å². The van der Waals surface area contributed by atoms with Crippen LogP contribution in [0.25, 0.3) is 5.76 Å². The van der Waals surface area contributed by atoms with Gasteiger partial charge in [0.15, 0.2) is 19.7 Å². The summed E-state index contributed by atoms with van der Waals surface area (Å²) in [5, 5.41) is 27.2. The molecule has 0 radical (unpaired) electrons. The molecule has 2 aromatic heterocycles. The van der Waals surface area contributed by atoms with E-state index in [0.29, 0.717) is 25.0 Å². The third kappa shape index (κ3) is 5.71. The smallest absolute Gasteiger partial charge is 0.265 e. The Morgan fingerprint density at radius 3 is 2.33 bits per heavy atom. The zero-order valence-electron chi connectivity index (χ0n) is 30.2. The number of ether oxygens (including phenoxy) is 1. The monoisotopic (exact) mass is 707 g/mol. The van der Waals surface area contributed by atoms with Crippen molar-refractivity contribution in [2.75, 3.05) is 14.1 Å². The van der Waals surface area contributed by atoms with Crippen LogP contribution in [-0.2, 0) is 28.7 Å². The first-order chi connectivity index (χ1) is 24.1. The maximum absolute atomic E-state index is 15.4. The van der Waals surface area contributed by atoms with Gasteiger partial charge in [0.1, 0.15) is 23.7 Å². The number of aromatic hydroxyl groups is 1. The molecule has 1 fully saturated rings. The lowest BCUT2D eigenvalue weighted by molar-refractivity contribution is -0.140. The first-order valence-electron chi connectivity index (χ1n) is 17.4. The summed E-state index contributed by atoms with van der Waals surface area (Å²) in [6.45, 7) is 10.4. The maximum atomic E-state index is 15.4. The molecule has 1 saturated carbocycles. The Hall–Kier alpha value is -4.58. The molecule has 3 aliphatic rings. The summed E-state index contributed by atoms with van der Waals surface area (Å²) in [6, 6.07) is 16.4. The molecule has 11 heteroatoms. The van der Waals surface area contributed by atoms with E-state index < -0.39 is 43.4 Å². The molecule has 10 nitrogen and oxygen atoms in total. The third-order valence-corrected chi connectivity index (χ3v) is 15.8. The number of carbonyl (C=O) groups excluding carboxylic acids is 2. The Morgan fingerprint density at radius 2 is 1.67 bits per heavy atom. The summed E-state index contributed by atoms with van der Waals surface area (Å²) in [5.74, 6) is -2.32. The predicted octanol–water partition coefficient (Wildman–Crippen LogP) is 7.24. The van der Waals surface area contributed by atoms with Crippen LogP contribution >= 0.6 is 0 Å². The molecule has 4 aromatic rings. The summed E-state index contributed by atoms with van der Waals surface area (Å²) in [4.78, 5) is 36.7. The van der Waals surface area contributed by atoms with Crippen molar-refractivity contribution in [1.29, 1.82) is 0 Å². The molecule has 0 amide bonds. The summed E-state index contributed by atoms with van der Waals surface area (Å²) in [5.41, 5.74) is 1.97. The van der Waals surface area contributed by atoms with Crippen molar-refractivity contribution < 1.29 is 33.5 Å². The number of rotatable bonds is 8. The van der Waals surface area contributed by atoms with Gasteiger partial charge in [0.25, 0.3) is 5.88 Å². The number of benzene rings is 2. The average Bonchev–Trinajstić information content (AvgIpc) is 3.48. The third-order valence-electron chi connectivity index (χ3n) is 11.3. The van der Waals surface area contributed by atoms with Crippen LogP contribution in [0.3, 0.4) is 0 Å². The normalized spacial score (nSPS) is 23.1. The van der Waals surface area contributed by atoms with Gasteiger partial charge in [-0.3, -0.25) is 19.5 Å². The van der Waals surface area contributed by atoms with Gasteiger partial charge in [-0.05, 0) is 103 Å². The Kier molecular flexibility index (Phi) is 8.59. The SMILES string of the molecule is CN(C)[C@@H]1c2onc(OCc3ccccc3)c2C(=O)[C@@]2(O[Si](C)(C)C(C)(C)C)C(=O)C3=C(O)c4c(O)cc(Cc5ccncc5)cc4C[C@H]3C[C@@H]12. The molecule has 0 spiro atoms. The van der Waals surface area contributed by atoms with Crippen LogP contribution in [0, 0.1) is 11.8 Å². The minimum atomic E-state index is -2.86. The Labute approximate surface area is 299 Å². The van der Waals surface area contributed by atoms with Gasteiger partial charge in [-0.15, -0.1) is 0 Å². The molecule has 4 atom stereocenters. The molecule has 7 rings (SSSR count). The second-order valence-corrected chi connectivity index (χ2v) is 20.6. The fourth-order valence-electron chi connectivity index (χ4n) is 7.89. The highest BCUT2D eigenvalue weighted by atomic mass is 28.4. The van der Waals surface area contributed by atoms with E-state index >= 15 is 9.59 Å². The van der Waals surface area contributed by atoms with Crippen molar-refractivity contribution in [3.8, 4) is 11.6 Å². The molecular formula is C40H45N3O7Si. The van der Waals surface area contributed by atoms with Crippen molar-refractivity contribution in [2.24, 2.45) is 11.8 Å². The highest BCUT2D eigenvalue weighted by Crippen LogP contribution is 2.59. The van der Waals surface area contributed by atoms with E-state index in [4.69, 9.17) is 13.7 Å². The summed E-state index contributed by atoms with van der Waals surface area (Å²) < 4.78 is 19.2. The fraction of sp³-hybridized carbons (Fsp3) is 0.400. The van der Waals surface area contributed by atoms with E-state index in [1.54, 1.807) is 18.5 Å². The van der Waals surface area contributed by atoms with Gasteiger partial charge in [0, 0.05) is 23.9 Å². The number of ketones is 2. The van der Waals surface area contributed by atoms with Crippen LogP contribution < -0.4 is 4.74 Å². The van der Waals surface area contributed by atoms with Crippen molar-refractivity contribution in [3.05, 3.63) is 112 Å². The molecule has 266 valence electrons. The average molecular weight is 708 g/mol. The first kappa shape index (κ1) is 34.8. The lowest BCUT2D eigenvalue weighted by atomic mass is 9.57. The van der Waals surface area contributed by atoms with Gasteiger partial charge >= 0.3 is 0 Å². The van der Waals surface area contributed by atoms with Crippen LogP contribution in [0.4, 0.5) is 0 Å². The molecule has 2 heterocycles. The van der Waals surface area contributed by atoms with Crippen LogP contribution in [0.1, 0.15) is 77.2 Å². The first-order valence-corrected chi connectivity index (χ1v) is 20.3. The van der Waals surface area contributed by atoms with Gasteiger partial charge < -0.3 is 23.9 Å². The highest BCUT2D eigenvalue weighted by molar-refractivity contribution is 6.74. The number of aliphatic hydroxyl groups excluding tert-OH is 1. The molecule has 51 heavy (non-hydrogen) atoms. The molecule has 3 aliphatic carbocycles. The van der Waals surface area contributed by atoms with Crippen LogP contribution in [-0.4, -0.2) is 64.8 Å². The molecule has 0 bridgehead atoms. The Balaban J connectivity index is 1.38. The van der Waals surface area contributed by atoms with E-state index in [9.17, 15) is 10.2 Å². The summed E-state index contributed by atoms with van der Waals surface area (Å²) >= 11 is 0. The molecule has 0 saturated heterocycles. The van der Waals surface area contributed by atoms with Gasteiger partial charge in [-0.1, -0.05) is 57.2 Å². The van der Waals surface area contributed by atoms with E-state index in [-0.39, 0.29) is 45.7 Å². The zero-order chi connectivity index (χ0) is 36.5. The topological polar surface area (TPSA) is 135 Å². The second kappa shape index (κ2) is 12.6. The van der Waals surface area contributed by atoms with Crippen molar-refractivity contribution in [2.45, 2.75) is 76.4 Å². The lowest BCUT2D eigenvalue weighted by Crippen LogP contribution is -2.68. The molecular weight excluding hydrogens is 663 g/mol. The van der Waals surface area contributed by atoms with Crippen molar-refractivity contribution in [1.82, 2.24) is 15.0 Å². The Bertz CT molecular complexity index is 2030. The van der Waals surface area contributed by atoms with Gasteiger partial charge in [0.2, 0.25) is 11.6 Å². The largest absolute Gasteiger partial charge is 0.507 e. The zero-order valence-corrected chi connectivity index (χ0v) is 31.2. The van der Waals surface area contributed by atoms with Crippen LogP contribution in [0.5, 0.6) is 11.6 Å². The number of nitrogens with zero attached hydrogens (tertiary/aromatic N) is 3. The number of carbonyl (C=O) groups is 2. The van der Waals surface area contributed by atoms with Gasteiger partial charge in [0.05, 0.1) is 11.6 Å². The summed E-state index contributed by atoms with van der Waals surface area (Å²) in [7, 11) is 0.917. The predicted molar refractivity (Wildman–Crippen MR) is 194 cm³/mol. The second-order valence-electron chi connectivity index (χ2n) is 15.9. The Morgan fingerprint density at radius 1 is 0.961 bits per heavy atom. The maximum Gasteiger partial charge on any atom is 0.265 e. The number of pyridine rings is 1. The number of fused-ring (bicyclic) bond motifs is 4. The molecule has 2 aromatic carbocycles. The minimum absolute atomic E-state index is 0.00356. The number of hydrogen-bond acceptors (Lipinski definition) is 10.